The van der Waals surface area contributed by atoms with Crippen molar-refractivity contribution in [2.24, 2.45) is 5.41 Å². The van der Waals surface area contributed by atoms with Gasteiger partial charge in [-0.05, 0) is 19.8 Å². The Labute approximate surface area is 77.1 Å². The molecule has 3 nitrogen and oxygen atoms in total. The summed E-state index contributed by atoms with van der Waals surface area (Å²) in [6, 6.07) is 0. The summed E-state index contributed by atoms with van der Waals surface area (Å²) in [6.45, 7) is 1.80. The first-order valence-electron chi connectivity index (χ1n) is 4.75. The molecule has 0 amide bonds. The van der Waals surface area contributed by atoms with Crippen molar-refractivity contribution in [1.82, 2.24) is 0 Å². The van der Waals surface area contributed by atoms with Gasteiger partial charge >= 0.3 is 0 Å². The Bertz CT molecular complexity index is 284. The summed E-state index contributed by atoms with van der Waals surface area (Å²) in [5.74, 6) is 0.220. The van der Waals surface area contributed by atoms with Gasteiger partial charge in [0.25, 0.3) is 0 Å². The Morgan fingerprint density at radius 2 is 1.92 bits per heavy atom. The van der Waals surface area contributed by atoms with E-state index in [0.29, 0.717) is 25.7 Å². The third-order valence-corrected chi connectivity index (χ3v) is 3.80. The van der Waals surface area contributed by atoms with Crippen molar-refractivity contribution >= 4 is 11.6 Å². The highest BCUT2D eigenvalue weighted by molar-refractivity contribution is 5.93. The van der Waals surface area contributed by atoms with Gasteiger partial charge in [-0.1, -0.05) is 0 Å². The molecule has 0 aromatic carbocycles. The predicted molar refractivity (Wildman–Crippen MR) is 46.2 cm³/mol. The molecule has 72 valence electrons. The van der Waals surface area contributed by atoms with Crippen molar-refractivity contribution in [3.8, 4) is 0 Å². The summed E-state index contributed by atoms with van der Waals surface area (Å²) < 4.78 is 0. The largest absolute Gasteiger partial charge is 0.388 e. The molecule has 0 aromatic heterocycles. The lowest BCUT2D eigenvalue weighted by Gasteiger charge is -2.41. The molecule has 2 rings (SSSR count). The molecule has 0 aromatic rings. The molecule has 13 heavy (non-hydrogen) atoms. The predicted octanol–water partition coefficient (Wildman–Crippen LogP) is 0.840. The first-order chi connectivity index (χ1) is 5.98. The summed E-state index contributed by atoms with van der Waals surface area (Å²) in [5.41, 5.74) is -1.67. The molecule has 0 heterocycles. The van der Waals surface area contributed by atoms with E-state index in [-0.39, 0.29) is 18.0 Å². The number of Topliss-reactive ketones (excluding diaryl/α,β-unsaturated/α-hetero) is 2. The first-order valence-corrected chi connectivity index (χ1v) is 4.75. The van der Waals surface area contributed by atoms with Gasteiger partial charge in [0, 0.05) is 19.3 Å². The fourth-order valence-corrected chi connectivity index (χ4v) is 2.59. The molecule has 2 saturated carbocycles. The fraction of sp³-hybridized carbons (Fsp3) is 0.800. The lowest BCUT2D eigenvalue weighted by atomic mass is 9.65. The number of hydrogen-bond donors (Lipinski definition) is 1. The van der Waals surface area contributed by atoms with Crippen LogP contribution in [0.25, 0.3) is 0 Å². The van der Waals surface area contributed by atoms with Crippen molar-refractivity contribution < 1.29 is 14.7 Å². The van der Waals surface area contributed by atoms with Gasteiger partial charge in [0.1, 0.15) is 11.6 Å². The molecule has 2 aliphatic rings. The number of carbonyl (C=O) groups is 2. The minimum absolute atomic E-state index is 0.0923. The second-order valence-corrected chi connectivity index (χ2v) is 4.50. The van der Waals surface area contributed by atoms with Crippen LogP contribution in [0.3, 0.4) is 0 Å². The Morgan fingerprint density at radius 3 is 2.62 bits per heavy atom. The topological polar surface area (TPSA) is 54.4 Å². The van der Waals surface area contributed by atoms with E-state index in [9.17, 15) is 14.7 Å². The van der Waals surface area contributed by atoms with Crippen molar-refractivity contribution in [2.75, 3.05) is 0 Å². The number of aliphatic hydroxyl groups is 1. The van der Waals surface area contributed by atoms with Crippen LogP contribution >= 0.6 is 0 Å². The van der Waals surface area contributed by atoms with Crippen molar-refractivity contribution in [3.63, 3.8) is 0 Å². The first kappa shape index (κ1) is 8.88. The van der Waals surface area contributed by atoms with E-state index in [1.807, 2.05) is 0 Å². The van der Waals surface area contributed by atoms with E-state index >= 15 is 0 Å². The fourth-order valence-electron chi connectivity index (χ4n) is 2.59. The van der Waals surface area contributed by atoms with Crippen LogP contribution in [-0.2, 0) is 9.59 Å². The zero-order valence-corrected chi connectivity index (χ0v) is 7.80. The molecule has 3 heteroatoms. The van der Waals surface area contributed by atoms with Gasteiger partial charge in [-0.2, -0.15) is 0 Å². The summed E-state index contributed by atoms with van der Waals surface area (Å²) in [6.07, 6.45) is 2.05. The standard InChI is InChI=1S/C10H14O3/c1-9-4-2-7(11)6-10(9,13)5-3-8(9)12/h13H,2-6H2,1H3/t9-,10-/m0/s1. The van der Waals surface area contributed by atoms with Crippen molar-refractivity contribution in [1.29, 1.82) is 0 Å². The molecular formula is C10H14O3. The molecule has 0 spiro atoms. The number of hydrogen-bond acceptors (Lipinski definition) is 3. The van der Waals surface area contributed by atoms with Gasteiger partial charge in [0.05, 0.1) is 11.0 Å². The normalized spacial score (nSPS) is 45.1. The lowest BCUT2D eigenvalue weighted by Crippen LogP contribution is -2.50. The van der Waals surface area contributed by atoms with Gasteiger partial charge in [0.15, 0.2) is 0 Å². The molecule has 0 aliphatic heterocycles. The monoisotopic (exact) mass is 182 g/mol. The highest BCUT2D eigenvalue weighted by atomic mass is 16.3. The highest BCUT2D eigenvalue weighted by Crippen LogP contribution is 2.51. The quantitative estimate of drug-likeness (QED) is 0.604. The Balaban J connectivity index is 2.37. The van der Waals surface area contributed by atoms with Gasteiger partial charge < -0.3 is 5.11 Å². The third-order valence-electron chi connectivity index (χ3n) is 3.80. The average molecular weight is 182 g/mol. The highest BCUT2D eigenvalue weighted by Gasteiger charge is 2.58. The van der Waals surface area contributed by atoms with E-state index in [4.69, 9.17) is 0 Å². The molecule has 0 radical (unpaired) electrons. The second-order valence-electron chi connectivity index (χ2n) is 4.50. The maximum absolute atomic E-state index is 11.6. The van der Waals surface area contributed by atoms with Crippen LogP contribution in [0.1, 0.15) is 39.0 Å². The molecular weight excluding hydrogens is 168 g/mol. The van der Waals surface area contributed by atoms with Crippen LogP contribution in [-0.4, -0.2) is 22.3 Å². The van der Waals surface area contributed by atoms with Crippen LogP contribution in [0.4, 0.5) is 0 Å². The van der Waals surface area contributed by atoms with Crippen molar-refractivity contribution in [3.05, 3.63) is 0 Å². The molecule has 0 saturated heterocycles. The molecule has 2 fully saturated rings. The van der Waals surface area contributed by atoms with Gasteiger partial charge in [-0.25, -0.2) is 0 Å². The van der Waals surface area contributed by atoms with Gasteiger partial charge in [-0.3, -0.25) is 9.59 Å². The van der Waals surface area contributed by atoms with Crippen LogP contribution in [0.5, 0.6) is 0 Å². The van der Waals surface area contributed by atoms with E-state index in [2.05, 4.69) is 0 Å². The zero-order valence-electron chi connectivity index (χ0n) is 7.80. The second kappa shape index (κ2) is 2.41. The van der Waals surface area contributed by atoms with E-state index in [1.54, 1.807) is 6.92 Å². The molecule has 2 aliphatic carbocycles. The van der Waals surface area contributed by atoms with E-state index in [0.717, 1.165) is 0 Å². The number of fused-ring (bicyclic) bond motifs is 1. The Kier molecular flexibility index (Phi) is 1.65. The average Bonchev–Trinajstić information content (AvgIpc) is 2.28. The van der Waals surface area contributed by atoms with Crippen LogP contribution in [0.15, 0.2) is 0 Å². The molecule has 2 atom stereocenters. The number of carbonyl (C=O) groups excluding carboxylic acids is 2. The number of rotatable bonds is 0. The maximum atomic E-state index is 11.6. The van der Waals surface area contributed by atoms with Crippen molar-refractivity contribution in [2.45, 2.75) is 44.6 Å². The minimum atomic E-state index is -1.03. The van der Waals surface area contributed by atoms with Crippen LogP contribution in [0, 0.1) is 5.41 Å². The molecule has 0 bridgehead atoms. The summed E-state index contributed by atoms with van der Waals surface area (Å²) >= 11 is 0. The van der Waals surface area contributed by atoms with E-state index < -0.39 is 11.0 Å². The van der Waals surface area contributed by atoms with Crippen LogP contribution < -0.4 is 0 Å². The maximum Gasteiger partial charge on any atom is 0.141 e. The Morgan fingerprint density at radius 1 is 1.23 bits per heavy atom. The third kappa shape index (κ3) is 0.998. The summed E-state index contributed by atoms with van der Waals surface area (Å²) in [7, 11) is 0. The number of ketones is 2. The smallest absolute Gasteiger partial charge is 0.141 e. The summed E-state index contributed by atoms with van der Waals surface area (Å²) in [5, 5.41) is 10.2. The Hall–Kier alpha value is -0.700. The minimum Gasteiger partial charge on any atom is -0.388 e. The molecule has 0 unspecified atom stereocenters. The van der Waals surface area contributed by atoms with Crippen LogP contribution in [0.2, 0.25) is 0 Å². The molecule has 1 N–H and O–H groups in total. The van der Waals surface area contributed by atoms with Gasteiger partial charge in [0.2, 0.25) is 0 Å². The van der Waals surface area contributed by atoms with E-state index in [1.165, 1.54) is 0 Å². The summed E-state index contributed by atoms with van der Waals surface area (Å²) in [4.78, 5) is 22.8. The zero-order chi connectivity index (χ0) is 9.69. The van der Waals surface area contributed by atoms with Gasteiger partial charge in [-0.15, -0.1) is 0 Å². The lowest BCUT2D eigenvalue weighted by molar-refractivity contribution is -0.148. The SMILES string of the molecule is C[C@@]12CCC(=O)C[C@@]1(O)CCC2=O.